The second-order valence-corrected chi connectivity index (χ2v) is 7.95. The largest absolute Gasteiger partial charge is 0.481 e. The predicted octanol–water partition coefficient (Wildman–Crippen LogP) is 4.19. The molecule has 1 atom stereocenters. The van der Waals surface area contributed by atoms with Crippen LogP contribution in [0.3, 0.4) is 0 Å². The summed E-state index contributed by atoms with van der Waals surface area (Å²) in [5.74, 6) is -2.15. The Balaban J connectivity index is 0.000000479. The lowest BCUT2D eigenvalue weighted by Gasteiger charge is -2.32. The van der Waals surface area contributed by atoms with Crippen molar-refractivity contribution in [3.63, 3.8) is 0 Å². The Morgan fingerprint density at radius 2 is 1.53 bits per heavy atom. The van der Waals surface area contributed by atoms with E-state index in [0.29, 0.717) is 6.61 Å². The fourth-order valence-electron chi connectivity index (χ4n) is 2.66. The number of aliphatic carboxylic acids is 2. The maximum atomic E-state index is 9.64. The van der Waals surface area contributed by atoms with E-state index in [-0.39, 0.29) is 12.8 Å². The molecular formula is C23H31NO5S. The van der Waals surface area contributed by atoms with E-state index < -0.39 is 17.5 Å². The van der Waals surface area contributed by atoms with Crippen LogP contribution < -0.4 is 0 Å². The van der Waals surface area contributed by atoms with E-state index in [1.165, 1.54) is 16.0 Å². The van der Waals surface area contributed by atoms with Gasteiger partial charge in [0.25, 0.3) is 0 Å². The lowest BCUT2D eigenvalue weighted by atomic mass is 9.88. The SMILES string of the molecule is CSc1cccc(C(C)(OCCN(C)C)c2ccccc2)c1.O=C(O)CCC(=O)O. The molecule has 2 aromatic rings. The zero-order valence-electron chi connectivity index (χ0n) is 18.0. The molecule has 0 heterocycles. The molecule has 0 amide bonds. The van der Waals surface area contributed by atoms with Gasteiger partial charge in [-0.1, -0.05) is 42.5 Å². The number of hydrogen-bond donors (Lipinski definition) is 2. The van der Waals surface area contributed by atoms with E-state index in [4.69, 9.17) is 14.9 Å². The number of hydrogen-bond acceptors (Lipinski definition) is 5. The highest BCUT2D eigenvalue weighted by atomic mass is 32.2. The van der Waals surface area contributed by atoms with Gasteiger partial charge in [0.1, 0.15) is 5.60 Å². The van der Waals surface area contributed by atoms with Gasteiger partial charge in [0.2, 0.25) is 0 Å². The van der Waals surface area contributed by atoms with Gasteiger partial charge in [0.05, 0.1) is 19.4 Å². The van der Waals surface area contributed by atoms with Crippen molar-refractivity contribution in [3.05, 3.63) is 65.7 Å². The number of thioether (sulfide) groups is 1. The summed E-state index contributed by atoms with van der Waals surface area (Å²) < 4.78 is 6.36. The minimum absolute atomic E-state index is 0.296. The van der Waals surface area contributed by atoms with Crippen molar-refractivity contribution in [3.8, 4) is 0 Å². The molecule has 0 aliphatic heterocycles. The smallest absolute Gasteiger partial charge is 0.303 e. The van der Waals surface area contributed by atoms with Crippen molar-refractivity contribution in [1.82, 2.24) is 4.90 Å². The fraction of sp³-hybridized carbons (Fsp3) is 0.391. The number of carboxylic acid groups (broad SMARTS) is 2. The molecule has 164 valence electrons. The van der Waals surface area contributed by atoms with Crippen LogP contribution in [0.4, 0.5) is 0 Å². The van der Waals surface area contributed by atoms with E-state index in [2.05, 4.69) is 80.7 Å². The second kappa shape index (κ2) is 13.1. The summed E-state index contributed by atoms with van der Waals surface area (Å²) in [6, 6.07) is 19.1. The summed E-state index contributed by atoms with van der Waals surface area (Å²) in [4.78, 5) is 22.7. The molecule has 0 bridgehead atoms. The number of carboxylic acids is 2. The molecule has 0 aliphatic rings. The third-order valence-corrected chi connectivity index (χ3v) is 5.15. The average Bonchev–Trinajstić information content (AvgIpc) is 2.73. The van der Waals surface area contributed by atoms with E-state index in [9.17, 15) is 9.59 Å². The fourth-order valence-corrected chi connectivity index (χ4v) is 3.12. The van der Waals surface area contributed by atoms with Crippen molar-refractivity contribution < 1.29 is 24.5 Å². The van der Waals surface area contributed by atoms with E-state index in [1.54, 1.807) is 11.8 Å². The van der Waals surface area contributed by atoms with Crippen LogP contribution in [0.2, 0.25) is 0 Å². The van der Waals surface area contributed by atoms with Crippen LogP contribution in [0, 0.1) is 0 Å². The highest BCUT2D eigenvalue weighted by Gasteiger charge is 2.30. The zero-order valence-corrected chi connectivity index (χ0v) is 18.8. The van der Waals surface area contributed by atoms with Crippen molar-refractivity contribution >= 4 is 23.7 Å². The van der Waals surface area contributed by atoms with Gasteiger partial charge < -0.3 is 19.8 Å². The van der Waals surface area contributed by atoms with Gasteiger partial charge in [-0.2, -0.15) is 0 Å². The molecule has 1 unspecified atom stereocenters. The average molecular weight is 434 g/mol. The summed E-state index contributed by atoms with van der Waals surface area (Å²) in [7, 11) is 4.13. The normalized spacial score (nSPS) is 12.6. The summed E-state index contributed by atoms with van der Waals surface area (Å²) >= 11 is 1.76. The summed E-state index contributed by atoms with van der Waals surface area (Å²) in [5.41, 5.74) is 1.96. The highest BCUT2D eigenvalue weighted by molar-refractivity contribution is 7.98. The summed E-state index contributed by atoms with van der Waals surface area (Å²) in [6.07, 6.45) is 1.51. The first kappa shape index (κ1) is 25.7. The van der Waals surface area contributed by atoms with Crippen molar-refractivity contribution in [2.24, 2.45) is 0 Å². The first-order valence-electron chi connectivity index (χ1n) is 9.61. The minimum Gasteiger partial charge on any atom is -0.481 e. The van der Waals surface area contributed by atoms with Crippen LogP contribution in [0.25, 0.3) is 0 Å². The molecule has 0 radical (unpaired) electrons. The molecule has 0 aliphatic carbocycles. The van der Waals surface area contributed by atoms with Crippen molar-refractivity contribution in [2.45, 2.75) is 30.3 Å². The molecule has 2 N–H and O–H groups in total. The molecule has 0 spiro atoms. The number of rotatable bonds is 10. The number of likely N-dealkylation sites (N-methyl/N-ethyl adjacent to an activating group) is 1. The molecule has 0 saturated carbocycles. The van der Waals surface area contributed by atoms with Gasteiger partial charge in [-0.05, 0) is 50.5 Å². The van der Waals surface area contributed by atoms with Gasteiger partial charge in [-0.15, -0.1) is 11.8 Å². The Labute approximate surface area is 182 Å². The first-order chi connectivity index (χ1) is 14.2. The molecule has 6 nitrogen and oxygen atoms in total. The Morgan fingerprint density at radius 1 is 0.967 bits per heavy atom. The third kappa shape index (κ3) is 8.98. The minimum atomic E-state index is -1.08. The molecule has 0 saturated heterocycles. The Hall–Kier alpha value is -2.35. The van der Waals surface area contributed by atoms with Crippen molar-refractivity contribution in [1.29, 1.82) is 0 Å². The standard InChI is InChI=1S/C19H25NOS.C4H6O4/c1-19(21-14-13-20(2)3,16-9-6-5-7-10-16)17-11-8-12-18(15-17)22-4;5-3(6)1-2-4(7)8/h5-12,15H,13-14H2,1-4H3;1-2H2,(H,5,6)(H,7,8). The van der Waals surface area contributed by atoms with Crippen LogP contribution in [0.5, 0.6) is 0 Å². The predicted molar refractivity (Wildman–Crippen MR) is 120 cm³/mol. The lowest BCUT2D eigenvalue weighted by molar-refractivity contribution is -0.143. The molecule has 0 aromatic heterocycles. The topological polar surface area (TPSA) is 87.1 Å². The monoisotopic (exact) mass is 433 g/mol. The third-order valence-electron chi connectivity index (χ3n) is 4.43. The number of benzene rings is 2. The Morgan fingerprint density at radius 3 is 2.03 bits per heavy atom. The highest BCUT2D eigenvalue weighted by Crippen LogP contribution is 2.34. The summed E-state index contributed by atoms with van der Waals surface area (Å²) in [6.45, 7) is 3.77. The van der Waals surface area contributed by atoms with E-state index >= 15 is 0 Å². The molecular weight excluding hydrogens is 402 g/mol. The first-order valence-corrected chi connectivity index (χ1v) is 10.8. The van der Waals surface area contributed by atoms with E-state index in [1.807, 2.05) is 6.07 Å². The van der Waals surface area contributed by atoms with Crippen LogP contribution in [-0.4, -0.2) is 60.6 Å². The van der Waals surface area contributed by atoms with Gasteiger partial charge in [-0.25, -0.2) is 0 Å². The molecule has 7 heteroatoms. The molecule has 2 rings (SSSR count). The summed E-state index contributed by atoms with van der Waals surface area (Å²) in [5, 5.41) is 15.8. The Kier molecular flexibility index (Phi) is 11.2. The van der Waals surface area contributed by atoms with Gasteiger partial charge >= 0.3 is 11.9 Å². The molecule has 30 heavy (non-hydrogen) atoms. The number of carbonyl (C=O) groups is 2. The van der Waals surface area contributed by atoms with Crippen LogP contribution >= 0.6 is 11.8 Å². The number of nitrogens with zero attached hydrogens (tertiary/aromatic N) is 1. The second-order valence-electron chi connectivity index (χ2n) is 7.07. The zero-order chi connectivity index (χ0) is 22.6. The van der Waals surface area contributed by atoms with Gasteiger partial charge in [0, 0.05) is 11.4 Å². The van der Waals surface area contributed by atoms with Crippen LogP contribution in [0.1, 0.15) is 30.9 Å². The Bertz CT molecular complexity index is 783. The van der Waals surface area contributed by atoms with Crippen LogP contribution in [0.15, 0.2) is 59.5 Å². The maximum Gasteiger partial charge on any atom is 0.303 e. The lowest BCUT2D eigenvalue weighted by Crippen LogP contribution is -2.31. The van der Waals surface area contributed by atoms with Gasteiger partial charge in [0.15, 0.2) is 0 Å². The quantitative estimate of drug-likeness (QED) is 0.543. The van der Waals surface area contributed by atoms with E-state index in [0.717, 1.165) is 6.54 Å². The maximum absolute atomic E-state index is 9.64. The van der Waals surface area contributed by atoms with Gasteiger partial charge in [-0.3, -0.25) is 9.59 Å². The molecule has 2 aromatic carbocycles. The van der Waals surface area contributed by atoms with Crippen LogP contribution in [-0.2, 0) is 19.9 Å². The number of ether oxygens (including phenoxy) is 1. The van der Waals surface area contributed by atoms with Crippen molar-refractivity contribution in [2.75, 3.05) is 33.5 Å². The molecule has 0 fully saturated rings.